The molecule has 2 aromatic rings. The lowest BCUT2D eigenvalue weighted by atomic mass is 10.2. The zero-order valence-corrected chi connectivity index (χ0v) is 13.2. The van der Waals surface area contributed by atoms with E-state index < -0.39 is 9.84 Å². The number of nitrogens with zero attached hydrogens (tertiary/aromatic N) is 1. The van der Waals surface area contributed by atoms with E-state index in [1.807, 2.05) is 6.07 Å². The van der Waals surface area contributed by atoms with Crippen molar-refractivity contribution in [1.82, 2.24) is 0 Å². The summed E-state index contributed by atoms with van der Waals surface area (Å²) in [5.41, 5.74) is 0.417. The standard InChI is InChI=1S/C16H17NO4S/c1-17(13-6-3-4-8-15(13)22(2,19)20)16(18)12-10-11(12)14-7-5-9-21-14/h3-9,11-12H,10H2,1-2H3/t11-,12-/m0/s1. The van der Waals surface area contributed by atoms with Crippen molar-refractivity contribution in [2.24, 2.45) is 5.92 Å². The van der Waals surface area contributed by atoms with Gasteiger partial charge in [-0.3, -0.25) is 4.79 Å². The normalized spacial score (nSPS) is 20.6. The molecule has 3 rings (SSSR count). The maximum absolute atomic E-state index is 12.6. The van der Waals surface area contributed by atoms with Crippen LogP contribution in [-0.2, 0) is 14.6 Å². The molecular formula is C16H17NO4S. The average molecular weight is 319 g/mol. The second-order valence-corrected chi connectivity index (χ2v) is 7.59. The van der Waals surface area contributed by atoms with Crippen LogP contribution in [0.3, 0.4) is 0 Å². The van der Waals surface area contributed by atoms with Crippen molar-refractivity contribution in [3.8, 4) is 0 Å². The number of carbonyl (C=O) groups is 1. The third-order valence-electron chi connectivity index (χ3n) is 3.97. The number of sulfone groups is 1. The molecule has 1 heterocycles. The molecule has 1 aliphatic rings. The Morgan fingerprint density at radius 3 is 2.59 bits per heavy atom. The van der Waals surface area contributed by atoms with Crippen LogP contribution in [0.15, 0.2) is 52.0 Å². The van der Waals surface area contributed by atoms with Crippen LogP contribution in [0.2, 0.25) is 0 Å². The van der Waals surface area contributed by atoms with E-state index in [1.165, 1.54) is 11.0 Å². The number of anilines is 1. The van der Waals surface area contributed by atoms with Crippen LogP contribution in [0.25, 0.3) is 0 Å². The van der Waals surface area contributed by atoms with Gasteiger partial charge in [-0.2, -0.15) is 0 Å². The Hall–Kier alpha value is -2.08. The highest BCUT2D eigenvalue weighted by Gasteiger charge is 2.47. The van der Waals surface area contributed by atoms with Gasteiger partial charge in [-0.1, -0.05) is 12.1 Å². The number of carbonyl (C=O) groups excluding carboxylic acids is 1. The van der Waals surface area contributed by atoms with Gasteiger partial charge in [-0.15, -0.1) is 0 Å². The van der Waals surface area contributed by atoms with Gasteiger partial charge in [-0.25, -0.2) is 8.42 Å². The molecule has 0 N–H and O–H groups in total. The fourth-order valence-corrected chi connectivity index (χ4v) is 3.61. The summed E-state index contributed by atoms with van der Waals surface area (Å²) in [4.78, 5) is 14.2. The van der Waals surface area contributed by atoms with Crippen molar-refractivity contribution in [3.63, 3.8) is 0 Å². The smallest absolute Gasteiger partial charge is 0.230 e. The predicted molar refractivity (Wildman–Crippen MR) is 82.5 cm³/mol. The van der Waals surface area contributed by atoms with Crippen molar-refractivity contribution in [1.29, 1.82) is 0 Å². The fraction of sp³-hybridized carbons (Fsp3) is 0.312. The van der Waals surface area contributed by atoms with Gasteiger partial charge >= 0.3 is 0 Å². The molecule has 0 bridgehead atoms. The lowest BCUT2D eigenvalue weighted by Gasteiger charge is -2.20. The van der Waals surface area contributed by atoms with Crippen molar-refractivity contribution in [2.45, 2.75) is 17.2 Å². The van der Waals surface area contributed by atoms with Crippen molar-refractivity contribution in [3.05, 3.63) is 48.4 Å². The number of para-hydroxylation sites is 1. The summed E-state index contributed by atoms with van der Waals surface area (Å²) in [7, 11) is -1.77. The minimum atomic E-state index is -3.39. The molecule has 0 spiro atoms. The third kappa shape index (κ3) is 2.66. The van der Waals surface area contributed by atoms with Gasteiger partial charge in [0.2, 0.25) is 5.91 Å². The Bertz CT molecular complexity index is 795. The van der Waals surface area contributed by atoms with E-state index in [0.717, 1.165) is 18.4 Å². The highest BCUT2D eigenvalue weighted by atomic mass is 32.2. The molecule has 2 atom stereocenters. The van der Waals surface area contributed by atoms with Crippen molar-refractivity contribution >= 4 is 21.4 Å². The Morgan fingerprint density at radius 1 is 1.23 bits per heavy atom. The van der Waals surface area contributed by atoms with E-state index in [2.05, 4.69) is 0 Å². The zero-order valence-electron chi connectivity index (χ0n) is 12.4. The molecule has 5 nitrogen and oxygen atoms in total. The lowest BCUT2D eigenvalue weighted by Crippen LogP contribution is -2.29. The summed E-state index contributed by atoms with van der Waals surface area (Å²) in [6.45, 7) is 0. The Labute approximate surface area is 129 Å². The van der Waals surface area contributed by atoms with E-state index in [0.29, 0.717) is 5.69 Å². The average Bonchev–Trinajstić information content (AvgIpc) is 3.10. The van der Waals surface area contributed by atoms with Crippen LogP contribution in [0.5, 0.6) is 0 Å². The summed E-state index contributed by atoms with van der Waals surface area (Å²) in [5, 5.41) is 0. The van der Waals surface area contributed by atoms with E-state index in [-0.39, 0.29) is 22.6 Å². The van der Waals surface area contributed by atoms with E-state index in [4.69, 9.17) is 4.42 Å². The molecule has 1 saturated carbocycles. The molecule has 0 unspecified atom stereocenters. The number of amides is 1. The third-order valence-corrected chi connectivity index (χ3v) is 5.12. The van der Waals surface area contributed by atoms with Gasteiger partial charge in [0.05, 0.1) is 16.8 Å². The fourth-order valence-electron chi connectivity index (χ4n) is 2.70. The molecule has 116 valence electrons. The highest BCUT2D eigenvalue weighted by Crippen LogP contribution is 2.49. The minimum Gasteiger partial charge on any atom is -0.469 e. The van der Waals surface area contributed by atoms with Crippen molar-refractivity contribution in [2.75, 3.05) is 18.2 Å². The van der Waals surface area contributed by atoms with Gasteiger partial charge in [0.1, 0.15) is 5.76 Å². The van der Waals surface area contributed by atoms with Gasteiger partial charge in [-0.05, 0) is 30.7 Å². The first-order chi connectivity index (χ1) is 10.4. The zero-order chi connectivity index (χ0) is 15.9. The van der Waals surface area contributed by atoms with Crippen LogP contribution in [0.1, 0.15) is 18.1 Å². The number of hydrogen-bond donors (Lipinski definition) is 0. The molecule has 1 aliphatic carbocycles. The Morgan fingerprint density at radius 2 is 1.95 bits per heavy atom. The van der Waals surface area contributed by atoms with Crippen LogP contribution in [0.4, 0.5) is 5.69 Å². The highest BCUT2D eigenvalue weighted by molar-refractivity contribution is 7.90. The second kappa shape index (κ2) is 5.28. The first kappa shape index (κ1) is 14.8. The Balaban J connectivity index is 1.84. The van der Waals surface area contributed by atoms with E-state index in [1.54, 1.807) is 37.6 Å². The predicted octanol–water partition coefficient (Wildman–Crippen LogP) is 2.45. The van der Waals surface area contributed by atoms with Crippen LogP contribution >= 0.6 is 0 Å². The molecule has 1 amide bonds. The van der Waals surface area contributed by atoms with Crippen molar-refractivity contribution < 1.29 is 17.6 Å². The SMILES string of the molecule is CN(C(=O)[C@H]1C[C@@H]1c1ccco1)c1ccccc1S(C)(=O)=O. The molecule has 6 heteroatoms. The topological polar surface area (TPSA) is 67.6 Å². The summed E-state index contributed by atoms with van der Waals surface area (Å²) < 4.78 is 29.1. The van der Waals surface area contributed by atoms with Gasteiger partial charge in [0.25, 0.3) is 0 Å². The Kier molecular flexibility index (Phi) is 3.56. The monoisotopic (exact) mass is 319 g/mol. The first-order valence-corrected chi connectivity index (χ1v) is 8.89. The van der Waals surface area contributed by atoms with E-state index in [9.17, 15) is 13.2 Å². The molecule has 22 heavy (non-hydrogen) atoms. The molecule has 0 saturated heterocycles. The number of benzene rings is 1. The molecular weight excluding hydrogens is 302 g/mol. The number of rotatable bonds is 4. The molecule has 1 fully saturated rings. The first-order valence-electron chi connectivity index (χ1n) is 6.99. The largest absolute Gasteiger partial charge is 0.469 e. The maximum atomic E-state index is 12.6. The quantitative estimate of drug-likeness (QED) is 0.868. The minimum absolute atomic E-state index is 0.0856. The second-order valence-electron chi connectivity index (χ2n) is 5.60. The summed E-state index contributed by atoms with van der Waals surface area (Å²) >= 11 is 0. The summed E-state index contributed by atoms with van der Waals surface area (Å²) in [5.74, 6) is 0.666. The van der Waals surface area contributed by atoms with E-state index >= 15 is 0 Å². The number of hydrogen-bond acceptors (Lipinski definition) is 4. The van der Waals surface area contributed by atoms with Gasteiger partial charge in [0.15, 0.2) is 9.84 Å². The molecule has 1 aromatic carbocycles. The van der Waals surface area contributed by atoms with Crippen LogP contribution in [-0.4, -0.2) is 27.6 Å². The molecule has 1 aromatic heterocycles. The van der Waals surface area contributed by atoms with Gasteiger partial charge < -0.3 is 9.32 Å². The molecule has 0 aliphatic heterocycles. The molecule has 0 radical (unpaired) electrons. The van der Waals surface area contributed by atoms with Crippen LogP contribution < -0.4 is 4.90 Å². The summed E-state index contributed by atoms with van der Waals surface area (Å²) in [6, 6.07) is 10.2. The van der Waals surface area contributed by atoms with Gasteiger partial charge in [0, 0.05) is 25.1 Å². The van der Waals surface area contributed by atoms with Crippen LogP contribution in [0, 0.1) is 5.92 Å². The lowest BCUT2D eigenvalue weighted by molar-refractivity contribution is -0.119. The number of furan rings is 1. The summed E-state index contributed by atoms with van der Waals surface area (Å²) in [6.07, 6.45) is 3.47. The maximum Gasteiger partial charge on any atom is 0.230 e.